The maximum absolute atomic E-state index is 11.2. The van der Waals surface area contributed by atoms with Crippen LogP contribution in [-0.4, -0.2) is 38.5 Å². The van der Waals surface area contributed by atoms with Crippen LogP contribution in [0.1, 0.15) is 13.8 Å². The Morgan fingerprint density at radius 2 is 1.91 bits per heavy atom. The number of nitrogens with one attached hydrogen (secondary N) is 1. The molecule has 3 nitrogen and oxygen atoms in total. The van der Waals surface area contributed by atoms with Gasteiger partial charge in [0.25, 0.3) is 0 Å². The Labute approximate surface area is 68.8 Å². The highest BCUT2D eigenvalue weighted by atomic mass is 16.2. The smallest absolute Gasteiger partial charge is 0.226 e. The quantitative estimate of drug-likeness (QED) is 0.641. The van der Waals surface area contributed by atoms with E-state index >= 15 is 0 Å². The molecular formula is C8H18N2O. The summed E-state index contributed by atoms with van der Waals surface area (Å²) >= 11 is 0. The highest BCUT2D eigenvalue weighted by molar-refractivity contribution is 5.81. The average Bonchev–Trinajstić information content (AvgIpc) is 1.83. The molecule has 0 aromatic heterocycles. The summed E-state index contributed by atoms with van der Waals surface area (Å²) in [5.74, 6) is 0.0891. The van der Waals surface area contributed by atoms with Crippen LogP contribution in [-0.2, 0) is 4.79 Å². The van der Waals surface area contributed by atoms with Gasteiger partial charge in [0.15, 0.2) is 0 Å². The molecule has 0 unspecified atom stereocenters. The molecule has 66 valence electrons. The van der Waals surface area contributed by atoms with Crippen LogP contribution >= 0.6 is 0 Å². The van der Waals surface area contributed by atoms with E-state index in [2.05, 4.69) is 5.32 Å². The molecule has 0 rings (SSSR count). The standard InChI is InChI=1S/C8H18N2O/c1-8(2,6-10(4)5)7(11)9-3/h6H2,1-5H3,(H,9,11). The number of rotatable bonds is 3. The van der Waals surface area contributed by atoms with Crippen LogP contribution < -0.4 is 5.32 Å². The minimum absolute atomic E-state index is 0.0891. The molecular weight excluding hydrogens is 140 g/mol. The molecule has 0 aromatic carbocycles. The largest absolute Gasteiger partial charge is 0.359 e. The van der Waals surface area contributed by atoms with E-state index in [0.717, 1.165) is 6.54 Å². The van der Waals surface area contributed by atoms with E-state index in [1.165, 1.54) is 0 Å². The Morgan fingerprint density at radius 3 is 2.18 bits per heavy atom. The minimum atomic E-state index is -0.293. The summed E-state index contributed by atoms with van der Waals surface area (Å²) in [7, 11) is 5.59. The first-order valence-electron chi connectivity index (χ1n) is 3.77. The maximum Gasteiger partial charge on any atom is 0.226 e. The third-order valence-corrected chi connectivity index (χ3v) is 1.55. The first-order valence-corrected chi connectivity index (χ1v) is 3.77. The number of carbonyl (C=O) groups is 1. The van der Waals surface area contributed by atoms with Crippen LogP contribution in [0.3, 0.4) is 0 Å². The van der Waals surface area contributed by atoms with Crippen molar-refractivity contribution in [2.75, 3.05) is 27.7 Å². The van der Waals surface area contributed by atoms with Gasteiger partial charge < -0.3 is 10.2 Å². The molecule has 3 heteroatoms. The monoisotopic (exact) mass is 158 g/mol. The molecule has 0 aromatic rings. The van der Waals surface area contributed by atoms with Crippen LogP contribution in [0.4, 0.5) is 0 Å². The zero-order valence-electron chi connectivity index (χ0n) is 8.06. The third kappa shape index (κ3) is 3.37. The van der Waals surface area contributed by atoms with Gasteiger partial charge in [0.05, 0.1) is 5.41 Å². The highest BCUT2D eigenvalue weighted by Crippen LogP contribution is 2.15. The lowest BCUT2D eigenvalue weighted by atomic mass is 9.92. The van der Waals surface area contributed by atoms with Crippen molar-refractivity contribution in [1.29, 1.82) is 0 Å². The summed E-state index contributed by atoms with van der Waals surface area (Å²) in [6.45, 7) is 4.64. The van der Waals surface area contributed by atoms with Gasteiger partial charge in [-0.15, -0.1) is 0 Å². The Bertz CT molecular complexity index is 141. The van der Waals surface area contributed by atoms with Crippen LogP contribution in [0.2, 0.25) is 0 Å². The first kappa shape index (κ1) is 10.4. The number of carbonyl (C=O) groups excluding carboxylic acids is 1. The summed E-state index contributed by atoms with van der Waals surface area (Å²) in [6, 6.07) is 0. The van der Waals surface area contributed by atoms with Gasteiger partial charge in [-0.3, -0.25) is 4.79 Å². The number of nitrogens with zero attached hydrogens (tertiary/aromatic N) is 1. The van der Waals surface area contributed by atoms with Gasteiger partial charge in [-0.2, -0.15) is 0 Å². The summed E-state index contributed by atoms with van der Waals surface area (Å²) in [5, 5.41) is 2.64. The molecule has 0 aliphatic heterocycles. The highest BCUT2D eigenvalue weighted by Gasteiger charge is 2.26. The first-order chi connectivity index (χ1) is 4.90. The predicted octanol–water partition coefficient (Wildman–Crippen LogP) is 0.320. The second-order valence-electron chi connectivity index (χ2n) is 3.70. The Balaban J connectivity index is 4.09. The molecule has 0 saturated heterocycles. The lowest BCUT2D eigenvalue weighted by Crippen LogP contribution is -2.41. The van der Waals surface area contributed by atoms with Crippen molar-refractivity contribution >= 4 is 5.91 Å². The normalized spacial score (nSPS) is 11.8. The number of amides is 1. The van der Waals surface area contributed by atoms with E-state index in [4.69, 9.17) is 0 Å². The van der Waals surface area contributed by atoms with Gasteiger partial charge in [-0.25, -0.2) is 0 Å². The summed E-state index contributed by atoms with van der Waals surface area (Å²) in [4.78, 5) is 13.2. The summed E-state index contributed by atoms with van der Waals surface area (Å²) < 4.78 is 0. The summed E-state index contributed by atoms with van der Waals surface area (Å²) in [6.07, 6.45) is 0. The second-order valence-corrected chi connectivity index (χ2v) is 3.70. The maximum atomic E-state index is 11.2. The van der Waals surface area contributed by atoms with E-state index < -0.39 is 0 Å². The van der Waals surface area contributed by atoms with Crippen molar-refractivity contribution in [2.24, 2.45) is 5.41 Å². The fourth-order valence-electron chi connectivity index (χ4n) is 1.20. The van der Waals surface area contributed by atoms with E-state index in [1.54, 1.807) is 7.05 Å². The average molecular weight is 158 g/mol. The molecule has 0 bridgehead atoms. The molecule has 0 spiro atoms. The summed E-state index contributed by atoms with van der Waals surface area (Å²) in [5.41, 5.74) is -0.293. The zero-order chi connectivity index (χ0) is 9.07. The molecule has 0 heterocycles. The SMILES string of the molecule is CNC(=O)C(C)(C)CN(C)C. The van der Waals surface area contributed by atoms with E-state index in [1.807, 2.05) is 32.8 Å². The van der Waals surface area contributed by atoms with Crippen molar-refractivity contribution in [1.82, 2.24) is 10.2 Å². The van der Waals surface area contributed by atoms with Crippen LogP contribution in [0.25, 0.3) is 0 Å². The lowest BCUT2D eigenvalue weighted by molar-refractivity contribution is -0.129. The van der Waals surface area contributed by atoms with Gasteiger partial charge in [-0.05, 0) is 27.9 Å². The van der Waals surface area contributed by atoms with Crippen molar-refractivity contribution in [3.8, 4) is 0 Å². The molecule has 0 fully saturated rings. The van der Waals surface area contributed by atoms with Crippen molar-refractivity contribution < 1.29 is 4.79 Å². The molecule has 0 radical (unpaired) electrons. The van der Waals surface area contributed by atoms with Gasteiger partial charge in [0, 0.05) is 13.6 Å². The second kappa shape index (κ2) is 3.72. The molecule has 0 aliphatic rings. The van der Waals surface area contributed by atoms with Crippen molar-refractivity contribution in [3.05, 3.63) is 0 Å². The van der Waals surface area contributed by atoms with Gasteiger partial charge in [0.1, 0.15) is 0 Å². The van der Waals surface area contributed by atoms with Gasteiger partial charge >= 0.3 is 0 Å². The van der Waals surface area contributed by atoms with Gasteiger partial charge in [0.2, 0.25) is 5.91 Å². The van der Waals surface area contributed by atoms with E-state index in [9.17, 15) is 4.79 Å². The predicted molar refractivity (Wildman–Crippen MR) is 46.4 cm³/mol. The van der Waals surface area contributed by atoms with Crippen LogP contribution in [0, 0.1) is 5.41 Å². The van der Waals surface area contributed by atoms with Crippen LogP contribution in [0.5, 0.6) is 0 Å². The minimum Gasteiger partial charge on any atom is -0.359 e. The number of hydrogen-bond donors (Lipinski definition) is 1. The molecule has 0 atom stereocenters. The van der Waals surface area contributed by atoms with Crippen molar-refractivity contribution in [2.45, 2.75) is 13.8 Å². The third-order valence-electron chi connectivity index (χ3n) is 1.55. The fraction of sp³-hybridized carbons (Fsp3) is 0.875. The Kier molecular flexibility index (Phi) is 3.52. The molecule has 1 amide bonds. The molecule has 1 N–H and O–H groups in total. The Morgan fingerprint density at radius 1 is 1.45 bits per heavy atom. The van der Waals surface area contributed by atoms with E-state index in [-0.39, 0.29) is 11.3 Å². The van der Waals surface area contributed by atoms with Crippen molar-refractivity contribution in [3.63, 3.8) is 0 Å². The lowest BCUT2D eigenvalue weighted by Gasteiger charge is -2.25. The topological polar surface area (TPSA) is 32.3 Å². The molecule has 0 aliphatic carbocycles. The molecule has 0 saturated carbocycles. The van der Waals surface area contributed by atoms with Gasteiger partial charge in [-0.1, -0.05) is 0 Å². The fourth-order valence-corrected chi connectivity index (χ4v) is 1.20. The number of hydrogen-bond acceptors (Lipinski definition) is 2. The van der Waals surface area contributed by atoms with Crippen LogP contribution in [0.15, 0.2) is 0 Å². The Hall–Kier alpha value is -0.570. The van der Waals surface area contributed by atoms with E-state index in [0.29, 0.717) is 0 Å². The molecule has 11 heavy (non-hydrogen) atoms. The zero-order valence-corrected chi connectivity index (χ0v) is 8.06.